The van der Waals surface area contributed by atoms with E-state index in [1.54, 1.807) is 12.5 Å². The maximum atomic E-state index is 10.9. The molecule has 0 spiro atoms. The number of carbonyl (C=O) groups is 1. The lowest BCUT2D eigenvalue weighted by Gasteiger charge is -2.01. The number of nitrogens with two attached hydrogens (primary N) is 1. The summed E-state index contributed by atoms with van der Waals surface area (Å²) in [6, 6.07) is 3.63. The van der Waals surface area contributed by atoms with Crippen LogP contribution in [0, 0.1) is 0 Å². The number of nitrogens with one attached hydrogen (secondary N) is 3. The van der Waals surface area contributed by atoms with Crippen molar-refractivity contribution in [1.29, 1.82) is 0 Å². The molecule has 0 atom stereocenters. The molecular weight excluding hydrogens is 354 g/mol. The Morgan fingerprint density at radius 1 is 1.46 bits per heavy atom. The van der Waals surface area contributed by atoms with E-state index in [-0.39, 0.29) is 5.91 Å². The van der Waals surface area contributed by atoms with Gasteiger partial charge in [0.1, 0.15) is 11.5 Å². The predicted octanol–water partition coefficient (Wildman–Crippen LogP) is 1.73. The third-order valence-corrected chi connectivity index (χ3v) is 4.14. The van der Waals surface area contributed by atoms with Crippen molar-refractivity contribution in [2.24, 2.45) is 10.7 Å². The summed E-state index contributed by atoms with van der Waals surface area (Å²) in [4.78, 5) is 26.6. The molecule has 0 aliphatic carbocycles. The molecule has 0 unspecified atom stereocenters. The number of anilines is 1. The van der Waals surface area contributed by atoms with Gasteiger partial charge in [0.15, 0.2) is 16.9 Å². The van der Waals surface area contributed by atoms with Gasteiger partial charge >= 0.3 is 0 Å². The zero-order valence-corrected chi connectivity index (χ0v) is 15.0. The van der Waals surface area contributed by atoms with Gasteiger partial charge in [0.05, 0.1) is 12.9 Å². The summed E-state index contributed by atoms with van der Waals surface area (Å²) in [6.45, 7) is 2.35. The molecule has 0 aliphatic heterocycles. The highest BCUT2D eigenvalue weighted by atomic mass is 32.1. The molecule has 0 aromatic carbocycles. The summed E-state index contributed by atoms with van der Waals surface area (Å²) in [5.74, 6) is 1.49. The molecule has 3 aromatic heterocycles. The number of rotatable bonds is 7. The Balaban J connectivity index is 1.54. The molecule has 26 heavy (non-hydrogen) atoms. The Hall–Kier alpha value is -3.14. The average molecular weight is 373 g/mol. The van der Waals surface area contributed by atoms with Gasteiger partial charge in [-0.15, -0.1) is 11.3 Å². The number of hydrogen-bond acceptors (Lipinski definition) is 6. The highest BCUT2D eigenvalue weighted by molar-refractivity contribution is 7.14. The predicted molar refractivity (Wildman–Crippen MR) is 99.7 cm³/mol. The number of aromatic nitrogens is 3. The molecule has 3 heterocycles. The number of aromatic amines is 1. The summed E-state index contributed by atoms with van der Waals surface area (Å²) in [5.41, 5.74) is 7.58. The summed E-state index contributed by atoms with van der Waals surface area (Å²) in [7, 11) is 0. The van der Waals surface area contributed by atoms with Crippen molar-refractivity contribution in [2.75, 3.05) is 11.9 Å². The number of furan rings is 1. The van der Waals surface area contributed by atoms with E-state index in [1.807, 2.05) is 17.5 Å². The largest absolute Gasteiger partial charge is 0.458 e. The van der Waals surface area contributed by atoms with Crippen molar-refractivity contribution in [3.8, 4) is 11.5 Å². The SMILES string of the molecule is CC(=O)NCc1ccc(-c2csc(NC(N)=NCCc3cnc[nH]3)n2)o1. The molecule has 0 fully saturated rings. The van der Waals surface area contributed by atoms with Gasteiger partial charge in [-0.2, -0.15) is 0 Å². The zero-order valence-electron chi connectivity index (χ0n) is 14.2. The third-order valence-electron chi connectivity index (χ3n) is 3.38. The molecule has 9 nitrogen and oxygen atoms in total. The Morgan fingerprint density at radius 2 is 2.35 bits per heavy atom. The molecule has 136 valence electrons. The summed E-state index contributed by atoms with van der Waals surface area (Å²) >= 11 is 1.40. The number of amides is 1. The Kier molecular flexibility index (Phi) is 5.64. The second kappa shape index (κ2) is 8.30. The van der Waals surface area contributed by atoms with Crippen molar-refractivity contribution in [1.82, 2.24) is 20.3 Å². The molecule has 0 bridgehead atoms. The summed E-state index contributed by atoms with van der Waals surface area (Å²) < 4.78 is 5.68. The number of imidazole rings is 1. The van der Waals surface area contributed by atoms with Crippen molar-refractivity contribution in [2.45, 2.75) is 19.9 Å². The van der Waals surface area contributed by atoms with Gasteiger partial charge in [0.2, 0.25) is 5.91 Å². The van der Waals surface area contributed by atoms with Crippen LogP contribution in [0.25, 0.3) is 11.5 Å². The number of nitrogens with zero attached hydrogens (tertiary/aromatic N) is 3. The summed E-state index contributed by atoms with van der Waals surface area (Å²) in [5, 5.41) is 8.15. The Morgan fingerprint density at radius 3 is 3.12 bits per heavy atom. The number of guanidine groups is 1. The van der Waals surface area contributed by atoms with E-state index in [2.05, 4.69) is 30.6 Å². The monoisotopic (exact) mass is 373 g/mol. The van der Waals surface area contributed by atoms with E-state index in [0.29, 0.717) is 41.4 Å². The van der Waals surface area contributed by atoms with Crippen molar-refractivity contribution in [3.05, 3.63) is 41.5 Å². The van der Waals surface area contributed by atoms with E-state index < -0.39 is 0 Å². The molecule has 0 radical (unpaired) electrons. The van der Waals surface area contributed by atoms with Crippen molar-refractivity contribution >= 4 is 28.3 Å². The van der Waals surface area contributed by atoms with E-state index in [4.69, 9.17) is 10.2 Å². The smallest absolute Gasteiger partial charge is 0.217 e. The second-order valence-electron chi connectivity index (χ2n) is 5.43. The minimum atomic E-state index is -0.106. The number of aliphatic imine (C=N–C) groups is 1. The third kappa shape index (κ3) is 4.93. The summed E-state index contributed by atoms with van der Waals surface area (Å²) in [6.07, 6.45) is 4.12. The van der Waals surface area contributed by atoms with Gasteiger partial charge in [-0.1, -0.05) is 0 Å². The fourth-order valence-corrected chi connectivity index (χ4v) is 2.84. The van der Waals surface area contributed by atoms with Gasteiger partial charge in [0.25, 0.3) is 0 Å². The van der Waals surface area contributed by atoms with Crippen LogP contribution in [-0.4, -0.2) is 33.4 Å². The fraction of sp³-hybridized carbons (Fsp3) is 0.250. The first-order valence-electron chi connectivity index (χ1n) is 7.93. The van der Waals surface area contributed by atoms with Crippen LogP contribution in [0.3, 0.4) is 0 Å². The number of thiazole rings is 1. The molecule has 3 rings (SSSR count). The molecule has 3 aromatic rings. The van der Waals surface area contributed by atoms with Crippen LogP contribution in [-0.2, 0) is 17.8 Å². The lowest BCUT2D eigenvalue weighted by Crippen LogP contribution is -2.23. The molecule has 0 aliphatic rings. The van der Waals surface area contributed by atoms with Gasteiger partial charge in [-0.05, 0) is 12.1 Å². The quantitative estimate of drug-likeness (QED) is 0.368. The van der Waals surface area contributed by atoms with E-state index in [9.17, 15) is 4.79 Å². The average Bonchev–Trinajstić information content (AvgIpc) is 3.34. The van der Waals surface area contributed by atoms with Gasteiger partial charge in [0, 0.05) is 37.2 Å². The van der Waals surface area contributed by atoms with Crippen LogP contribution in [0.5, 0.6) is 0 Å². The first-order valence-corrected chi connectivity index (χ1v) is 8.81. The van der Waals surface area contributed by atoms with E-state index in [1.165, 1.54) is 18.3 Å². The van der Waals surface area contributed by atoms with Crippen LogP contribution in [0.4, 0.5) is 5.13 Å². The lowest BCUT2D eigenvalue weighted by molar-refractivity contribution is -0.119. The van der Waals surface area contributed by atoms with Gasteiger partial charge in [-0.3, -0.25) is 9.79 Å². The normalized spacial score (nSPS) is 11.5. The minimum absolute atomic E-state index is 0.106. The van der Waals surface area contributed by atoms with Gasteiger partial charge in [-0.25, -0.2) is 9.97 Å². The van der Waals surface area contributed by atoms with Crippen molar-refractivity contribution in [3.63, 3.8) is 0 Å². The highest BCUT2D eigenvalue weighted by Crippen LogP contribution is 2.26. The molecule has 0 saturated carbocycles. The fourth-order valence-electron chi connectivity index (χ4n) is 2.13. The molecule has 1 amide bonds. The Labute approximate surface area is 153 Å². The van der Waals surface area contributed by atoms with Crippen LogP contribution < -0.4 is 16.4 Å². The van der Waals surface area contributed by atoms with Crippen LogP contribution >= 0.6 is 11.3 Å². The lowest BCUT2D eigenvalue weighted by atomic mass is 10.3. The molecular formula is C16H19N7O2S. The van der Waals surface area contributed by atoms with E-state index in [0.717, 1.165) is 12.1 Å². The van der Waals surface area contributed by atoms with Crippen LogP contribution in [0.2, 0.25) is 0 Å². The number of hydrogen-bond donors (Lipinski definition) is 4. The molecule has 10 heteroatoms. The standard InChI is InChI=1S/C16H19N7O2S/c1-10(24)20-7-12-2-3-14(25-12)13-8-26-16(22-13)23-15(17)19-5-4-11-6-18-9-21-11/h2-3,6,8-9H,4-5,7H2,1H3,(H,18,21)(H,20,24)(H3,17,19,22,23). The molecule has 5 N–H and O–H groups in total. The second-order valence-corrected chi connectivity index (χ2v) is 6.29. The number of carbonyl (C=O) groups excluding carboxylic acids is 1. The molecule has 0 saturated heterocycles. The minimum Gasteiger partial charge on any atom is -0.458 e. The van der Waals surface area contributed by atoms with Crippen LogP contribution in [0.15, 0.2) is 39.4 Å². The van der Waals surface area contributed by atoms with Crippen molar-refractivity contribution < 1.29 is 9.21 Å². The number of H-pyrrole nitrogens is 1. The first-order chi connectivity index (χ1) is 12.6. The van der Waals surface area contributed by atoms with Gasteiger partial charge < -0.3 is 25.8 Å². The maximum Gasteiger partial charge on any atom is 0.217 e. The zero-order chi connectivity index (χ0) is 18.4. The first kappa shape index (κ1) is 17.7. The van der Waals surface area contributed by atoms with Crippen LogP contribution in [0.1, 0.15) is 18.4 Å². The van der Waals surface area contributed by atoms with E-state index >= 15 is 0 Å². The highest BCUT2D eigenvalue weighted by Gasteiger charge is 2.10. The topological polar surface area (TPSA) is 134 Å². The Bertz CT molecular complexity index is 882. The maximum absolute atomic E-state index is 10.9.